The summed E-state index contributed by atoms with van der Waals surface area (Å²) in [7, 11) is 0. The predicted octanol–water partition coefficient (Wildman–Crippen LogP) is 4.61. The highest BCUT2D eigenvalue weighted by Crippen LogP contribution is 2.13. The van der Waals surface area contributed by atoms with Crippen molar-refractivity contribution in [2.45, 2.75) is 13.8 Å². The number of hydrogen-bond donors (Lipinski definition) is 0. The van der Waals surface area contributed by atoms with Gasteiger partial charge < -0.3 is 0 Å². The standard InChI is InChI=1S/C16H15F/c1-12-3-6-14(7-4-12)9-10-15-8-5-13(2)16(17)11-15/h3-11H,1-2H3/b10-9+. The Hall–Kier alpha value is -1.89. The zero-order valence-corrected chi connectivity index (χ0v) is 10.1. The fraction of sp³-hybridized carbons (Fsp3) is 0.125. The lowest BCUT2D eigenvalue weighted by Gasteiger charge is -1.98. The van der Waals surface area contributed by atoms with Crippen LogP contribution in [-0.4, -0.2) is 0 Å². The van der Waals surface area contributed by atoms with E-state index in [0.717, 1.165) is 11.1 Å². The van der Waals surface area contributed by atoms with Gasteiger partial charge in [0.2, 0.25) is 0 Å². The molecule has 0 aliphatic rings. The summed E-state index contributed by atoms with van der Waals surface area (Å²) in [6.07, 6.45) is 3.91. The lowest BCUT2D eigenvalue weighted by Crippen LogP contribution is -1.82. The molecule has 0 saturated heterocycles. The normalized spacial score (nSPS) is 11.0. The number of rotatable bonds is 2. The van der Waals surface area contributed by atoms with Crippen LogP contribution >= 0.6 is 0 Å². The van der Waals surface area contributed by atoms with Crippen molar-refractivity contribution in [3.8, 4) is 0 Å². The molecule has 17 heavy (non-hydrogen) atoms. The van der Waals surface area contributed by atoms with E-state index >= 15 is 0 Å². The van der Waals surface area contributed by atoms with Crippen LogP contribution in [0.4, 0.5) is 4.39 Å². The molecule has 0 spiro atoms. The van der Waals surface area contributed by atoms with Gasteiger partial charge >= 0.3 is 0 Å². The fourth-order valence-corrected chi connectivity index (χ4v) is 1.58. The molecule has 0 radical (unpaired) electrons. The number of benzene rings is 2. The van der Waals surface area contributed by atoms with E-state index in [4.69, 9.17) is 0 Å². The van der Waals surface area contributed by atoms with Crippen LogP contribution in [0.1, 0.15) is 22.3 Å². The Morgan fingerprint density at radius 3 is 2.06 bits per heavy atom. The Morgan fingerprint density at radius 1 is 0.824 bits per heavy atom. The van der Waals surface area contributed by atoms with Gasteiger partial charge in [0.05, 0.1) is 0 Å². The SMILES string of the molecule is Cc1ccc(/C=C/c2ccc(C)c(F)c2)cc1. The number of aryl methyl sites for hydroxylation is 2. The molecule has 0 aliphatic heterocycles. The maximum absolute atomic E-state index is 13.3. The molecule has 0 amide bonds. The van der Waals surface area contributed by atoms with Gasteiger partial charge in [0.25, 0.3) is 0 Å². The minimum Gasteiger partial charge on any atom is -0.207 e. The molecule has 2 rings (SSSR count). The van der Waals surface area contributed by atoms with Crippen LogP contribution in [0, 0.1) is 19.7 Å². The second-order valence-corrected chi connectivity index (χ2v) is 4.25. The minimum absolute atomic E-state index is 0.156. The average Bonchev–Trinajstić information content (AvgIpc) is 2.33. The van der Waals surface area contributed by atoms with Crippen molar-refractivity contribution in [1.82, 2.24) is 0 Å². The first-order chi connectivity index (χ1) is 8.15. The zero-order valence-electron chi connectivity index (χ0n) is 10.1. The lowest BCUT2D eigenvalue weighted by molar-refractivity contribution is 0.618. The highest BCUT2D eigenvalue weighted by atomic mass is 19.1. The summed E-state index contributed by atoms with van der Waals surface area (Å²) in [6.45, 7) is 3.83. The van der Waals surface area contributed by atoms with Gasteiger partial charge in [-0.15, -0.1) is 0 Å². The van der Waals surface area contributed by atoms with Crippen molar-refractivity contribution in [2.24, 2.45) is 0 Å². The molecule has 0 atom stereocenters. The zero-order chi connectivity index (χ0) is 12.3. The molecule has 0 aromatic heterocycles. The van der Waals surface area contributed by atoms with Crippen LogP contribution in [0.5, 0.6) is 0 Å². The first-order valence-corrected chi connectivity index (χ1v) is 5.66. The molecule has 0 aliphatic carbocycles. The summed E-state index contributed by atoms with van der Waals surface area (Å²) in [6, 6.07) is 13.5. The van der Waals surface area contributed by atoms with Crippen LogP contribution in [-0.2, 0) is 0 Å². The van der Waals surface area contributed by atoms with Gasteiger partial charge in [0.15, 0.2) is 0 Å². The average molecular weight is 226 g/mol. The summed E-state index contributed by atoms with van der Waals surface area (Å²) in [4.78, 5) is 0. The van der Waals surface area contributed by atoms with E-state index in [9.17, 15) is 4.39 Å². The number of hydrogen-bond acceptors (Lipinski definition) is 0. The van der Waals surface area contributed by atoms with E-state index in [-0.39, 0.29) is 5.82 Å². The molecule has 1 heteroatoms. The van der Waals surface area contributed by atoms with Gasteiger partial charge in [0.1, 0.15) is 5.82 Å². The van der Waals surface area contributed by atoms with Crippen LogP contribution in [0.3, 0.4) is 0 Å². The largest absolute Gasteiger partial charge is 0.207 e. The quantitative estimate of drug-likeness (QED) is 0.656. The van der Waals surface area contributed by atoms with Crippen molar-refractivity contribution < 1.29 is 4.39 Å². The van der Waals surface area contributed by atoms with E-state index in [1.807, 2.05) is 18.2 Å². The van der Waals surface area contributed by atoms with Gasteiger partial charge in [-0.2, -0.15) is 0 Å². The third-order valence-corrected chi connectivity index (χ3v) is 2.74. The topological polar surface area (TPSA) is 0 Å². The Labute approximate surface area is 101 Å². The van der Waals surface area contributed by atoms with E-state index in [1.165, 1.54) is 5.56 Å². The Bertz CT molecular complexity index is 536. The van der Waals surface area contributed by atoms with Gasteiger partial charge in [-0.25, -0.2) is 4.39 Å². The van der Waals surface area contributed by atoms with Crippen molar-refractivity contribution in [3.63, 3.8) is 0 Å². The summed E-state index contributed by atoms with van der Waals surface area (Å²) in [5.74, 6) is -0.156. The molecule has 0 fully saturated rings. The maximum atomic E-state index is 13.3. The molecule has 86 valence electrons. The maximum Gasteiger partial charge on any atom is 0.126 e. The number of halogens is 1. The van der Waals surface area contributed by atoms with Crippen LogP contribution < -0.4 is 0 Å². The predicted molar refractivity (Wildman–Crippen MR) is 71.2 cm³/mol. The van der Waals surface area contributed by atoms with Gasteiger partial charge in [-0.1, -0.05) is 54.1 Å². The van der Waals surface area contributed by atoms with E-state index < -0.39 is 0 Å². The Kier molecular flexibility index (Phi) is 3.38. The summed E-state index contributed by atoms with van der Waals surface area (Å²) < 4.78 is 13.3. The fourth-order valence-electron chi connectivity index (χ4n) is 1.58. The highest BCUT2D eigenvalue weighted by Gasteiger charge is 1.96. The van der Waals surface area contributed by atoms with Gasteiger partial charge in [0, 0.05) is 0 Å². The van der Waals surface area contributed by atoms with Crippen molar-refractivity contribution in [3.05, 3.63) is 70.5 Å². The minimum atomic E-state index is -0.156. The second kappa shape index (κ2) is 4.96. The molecule has 0 unspecified atom stereocenters. The molecule has 2 aromatic carbocycles. The third-order valence-electron chi connectivity index (χ3n) is 2.74. The van der Waals surface area contributed by atoms with Crippen LogP contribution in [0.25, 0.3) is 12.2 Å². The first kappa shape index (κ1) is 11.6. The summed E-state index contributed by atoms with van der Waals surface area (Å²) in [5.41, 5.74) is 3.92. The van der Waals surface area contributed by atoms with Crippen LogP contribution in [0.15, 0.2) is 42.5 Å². The second-order valence-electron chi connectivity index (χ2n) is 4.25. The Morgan fingerprint density at radius 2 is 1.41 bits per heavy atom. The van der Waals surface area contributed by atoms with Crippen LogP contribution in [0.2, 0.25) is 0 Å². The molecule has 0 heterocycles. The summed E-state index contributed by atoms with van der Waals surface area (Å²) in [5, 5.41) is 0. The van der Waals surface area contributed by atoms with Crippen molar-refractivity contribution >= 4 is 12.2 Å². The van der Waals surface area contributed by atoms with Gasteiger partial charge in [-0.05, 0) is 36.6 Å². The molecule has 2 aromatic rings. The van der Waals surface area contributed by atoms with Crippen molar-refractivity contribution in [1.29, 1.82) is 0 Å². The van der Waals surface area contributed by atoms with E-state index in [1.54, 1.807) is 19.1 Å². The van der Waals surface area contributed by atoms with E-state index in [2.05, 4.69) is 31.2 Å². The smallest absolute Gasteiger partial charge is 0.126 e. The molecule has 0 bridgehead atoms. The Balaban J connectivity index is 2.20. The van der Waals surface area contributed by atoms with E-state index in [0.29, 0.717) is 5.56 Å². The molecule has 0 saturated carbocycles. The van der Waals surface area contributed by atoms with Crippen molar-refractivity contribution in [2.75, 3.05) is 0 Å². The third kappa shape index (κ3) is 3.04. The highest BCUT2D eigenvalue weighted by molar-refractivity contribution is 5.69. The summed E-state index contributed by atoms with van der Waals surface area (Å²) >= 11 is 0. The molecular formula is C16H15F. The molecule has 0 N–H and O–H groups in total. The monoisotopic (exact) mass is 226 g/mol. The van der Waals surface area contributed by atoms with Gasteiger partial charge in [-0.3, -0.25) is 0 Å². The lowest BCUT2D eigenvalue weighted by atomic mass is 10.1. The first-order valence-electron chi connectivity index (χ1n) is 5.66. The molecular weight excluding hydrogens is 211 g/mol. The molecule has 0 nitrogen and oxygen atoms in total.